The molecule has 0 aliphatic heterocycles. The lowest BCUT2D eigenvalue weighted by Crippen LogP contribution is -2.27. The van der Waals surface area contributed by atoms with Gasteiger partial charge in [0.2, 0.25) is 5.91 Å². The van der Waals surface area contributed by atoms with Gasteiger partial charge in [-0.15, -0.1) is 0 Å². The normalized spacial score (nSPS) is 10.8. The predicted molar refractivity (Wildman–Crippen MR) is 65.4 cm³/mol. The first-order chi connectivity index (χ1) is 8.15. The van der Waals surface area contributed by atoms with Crippen LogP contribution >= 0.6 is 0 Å². The maximum absolute atomic E-state index is 11.2. The van der Waals surface area contributed by atoms with Crippen molar-refractivity contribution in [3.8, 4) is 0 Å². The number of nitrogens with zero attached hydrogens (tertiary/aromatic N) is 3. The van der Waals surface area contributed by atoms with E-state index in [2.05, 4.69) is 34.6 Å². The zero-order chi connectivity index (χ0) is 12.7. The second-order valence-corrected chi connectivity index (χ2v) is 4.09. The maximum Gasteiger partial charge on any atom is 0.221 e. The smallest absolute Gasteiger partial charge is 0.221 e. The van der Waals surface area contributed by atoms with Crippen LogP contribution in [0.1, 0.15) is 39.1 Å². The third-order valence-electron chi connectivity index (χ3n) is 2.32. The molecule has 1 aromatic rings. The third kappa shape index (κ3) is 4.52. The summed E-state index contributed by atoms with van der Waals surface area (Å²) in [6.45, 7) is 8.01. The molecule has 2 N–H and O–H groups in total. The number of carbonyl (C=O) groups excluding carboxylic acids is 1. The summed E-state index contributed by atoms with van der Waals surface area (Å²) in [6.07, 6.45) is 2.05. The monoisotopic (exact) mass is 239 g/mol. The van der Waals surface area contributed by atoms with Crippen molar-refractivity contribution in [1.29, 1.82) is 0 Å². The molecule has 17 heavy (non-hydrogen) atoms. The molecule has 0 bridgehead atoms. The van der Waals surface area contributed by atoms with E-state index in [0.717, 1.165) is 5.82 Å². The van der Waals surface area contributed by atoms with Gasteiger partial charge in [-0.2, -0.15) is 5.10 Å². The molecule has 0 aliphatic carbocycles. The lowest BCUT2D eigenvalue weighted by Gasteiger charge is -2.09. The molecule has 1 aromatic heterocycles. The second-order valence-electron chi connectivity index (χ2n) is 4.09. The van der Waals surface area contributed by atoms with E-state index in [0.29, 0.717) is 32.1 Å². The zero-order valence-electron chi connectivity index (χ0n) is 10.7. The highest BCUT2D eigenvalue weighted by atomic mass is 16.1. The minimum Gasteiger partial charge on any atom is -0.356 e. The van der Waals surface area contributed by atoms with Crippen LogP contribution in [-0.2, 0) is 11.3 Å². The highest BCUT2D eigenvalue weighted by Gasteiger charge is 2.06. The number of amides is 1. The van der Waals surface area contributed by atoms with Crippen LogP contribution in [0.5, 0.6) is 0 Å². The van der Waals surface area contributed by atoms with Crippen molar-refractivity contribution >= 4 is 5.91 Å². The van der Waals surface area contributed by atoms with E-state index in [1.54, 1.807) is 6.33 Å². The van der Waals surface area contributed by atoms with Crippen LogP contribution in [0.4, 0.5) is 0 Å². The molecule has 96 valence electrons. The average Bonchev–Trinajstić information content (AvgIpc) is 2.73. The standard InChI is InChI=1S/C11H21N5O/c1-4-13-11(17)5-6-12-7-10-14-8-15-16(10)9(2)3/h8-9,12H,4-7H2,1-3H3,(H,13,17). The molecule has 0 aliphatic rings. The van der Waals surface area contributed by atoms with Gasteiger partial charge in [0.05, 0.1) is 6.54 Å². The summed E-state index contributed by atoms with van der Waals surface area (Å²) in [6, 6.07) is 0.303. The number of hydrogen-bond donors (Lipinski definition) is 2. The van der Waals surface area contributed by atoms with E-state index >= 15 is 0 Å². The maximum atomic E-state index is 11.2. The summed E-state index contributed by atoms with van der Waals surface area (Å²) in [4.78, 5) is 15.4. The Hall–Kier alpha value is -1.43. The van der Waals surface area contributed by atoms with E-state index in [9.17, 15) is 4.79 Å². The van der Waals surface area contributed by atoms with E-state index < -0.39 is 0 Å². The topological polar surface area (TPSA) is 71.8 Å². The minimum atomic E-state index is 0.0744. The Balaban J connectivity index is 2.26. The molecule has 0 saturated heterocycles. The number of rotatable bonds is 7. The van der Waals surface area contributed by atoms with Gasteiger partial charge in [0, 0.05) is 25.6 Å². The highest BCUT2D eigenvalue weighted by molar-refractivity contribution is 5.75. The first-order valence-corrected chi connectivity index (χ1v) is 6.01. The van der Waals surface area contributed by atoms with Crippen LogP contribution in [0.25, 0.3) is 0 Å². The fraction of sp³-hybridized carbons (Fsp3) is 0.727. The molecule has 0 aromatic carbocycles. The average molecular weight is 239 g/mol. The number of hydrogen-bond acceptors (Lipinski definition) is 4. The molecule has 0 saturated carbocycles. The Kier molecular flexibility index (Phi) is 5.62. The zero-order valence-corrected chi connectivity index (χ0v) is 10.7. The van der Waals surface area contributed by atoms with Gasteiger partial charge in [-0.05, 0) is 20.8 Å². The number of nitrogens with one attached hydrogen (secondary N) is 2. The molecular formula is C11H21N5O. The van der Waals surface area contributed by atoms with Gasteiger partial charge in [0.25, 0.3) is 0 Å². The fourth-order valence-corrected chi connectivity index (χ4v) is 1.52. The summed E-state index contributed by atoms with van der Waals surface area (Å²) < 4.78 is 1.87. The van der Waals surface area contributed by atoms with Crippen LogP contribution in [0, 0.1) is 0 Å². The summed E-state index contributed by atoms with van der Waals surface area (Å²) in [5.41, 5.74) is 0. The van der Waals surface area contributed by atoms with Gasteiger partial charge in [-0.3, -0.25) is 4.79 Å². The second kappa shape index (κ2) is 7.01. The Labute approximate surface area is 102 Å². The van der Waals surface area contributed by atoms with Crippen molar-refractivity contribution in [3.05, 3.63) is 12.2 Å². The first-order valence-electron chi connectivity index (χ1n) is 6.01. The minimum absolute atomic E-state index is 0.0744. The van der Waals surface area contributed by atoms with Crippen molar-refractivity contribution in [2.45, 2.75) is 39.8 Å². The van der Waals surface area contributed by atoms with Crippen LogP contribution in [-0.4, -0.2) is 33.8 Å². The molecular weight excluding hydrogens is 218 g/mol. The summed E-state index contributed by atoms with van der Waals surface area (Å²) in [5, 5.41) is 10.1. The SMILES string of the molecule is CCNC(=O)CCNCc1ncnn1C(C)C. The van der Waals surface area contributed by atoms with Gasteiger partial charge in [-0.1, -0.05) is 0 Å². The molecule has 0 atom stereocenters. The largest absolute Gasteiger partial charge is 0.356 e. The van der Waals surface area contributed by atoms with E-state index in [-0.39, 0.29) is 5.91 Å². The van der Waals surface area contributed by atoms with Crippen LogP contribution in [0.3, 0.4) is 0 Å². The van der Waals surface area contributed by atoms with E-state index in [1.165, 1.54) is 0 Å². The summed E-state index contributed by atoms with van der Waals surface area (Å²) in [7, 11) is 0. The Morgan fingerprint density at radius 2 is 2.29 bits per heavy atom. The molecule has 0 radical (unpaired) electrons. The van der Waals surface area contributed by atoms with E-state index in [1.807, 2.05) is 11.6 Å². The molecule has 0 spiro atoms. The molecule has 6 heteroatoms. The number of carbonyl (C=O) groups is 1. The number of aromatic nitrogens is 3. The van der Waals surface area contributed by atoms with Crippen molar-refractivity contribution < 1.29 is 4.79 Å². The predicted octanol–water partition coefficient (Wildman–Crippen LogP) is 0.475. The molecule has 6 nitrogen and oxygen atoms in total. The Morgan fingerprint density at radius 1 is 1.53 bits per heavy atom. The summed E-state index contributed by atoms with van der Waals surface area (Å²) >= 11 is 0. The highest BCUT2D eigenvalue weighted by Crippen LogP contribution is 2.04. The molecule has 0 unspecified atom stereocenters. The van der Waals surface area contributed by atoms with Crippen LogP contribution < -0.4 is 10.6 Å². The lowest BCUT2D eigenvalue weighted by atomic mass is 10.3. The Bertz CT molecular complexity index is 347. The van der Waals surface area contributed by atoms with Crippen molar-refractivity contribution in [3.63, 3.8) is 0 Å². The van der Waals surface area contributed by atoms with Gasteiger partial charge >= 0.3 is 0 Å². The van der Waals surface area contributed by atoms with Crippen LogP contribution in [0.15, 0.2) is 6.33 Å². The van der Waals surface area contributed by atoms with Gasteiger partial charge in [0.1, 0.15) is 12.2 Å². The van der Waals surface area contributed by atoms with Crippen LogP contribution in [0.2, 0.25) is 0 Å². The van der Waals surface area contributed by atoms with Gasteiger partial charge in [0.15, 0.2) is 0 Å². The lowest BCUT2D eigenvalue weighted by molar-refractivity contribution is -0.120. The molecule has 1 rings (SSSR count). The molecule has 1 amide bonds. The van der Waals surface area contributed by atoms with Gasteiger partial charge < -0.3 is 10.6 Å². The molecule has 0 fully saturated rings. The molecule has 1 heterocycles. The summed E-state index contributed by atoms with van der Waals surface area (Å²) in [5.74, 6) is 0.973. The first kappa shape index (κ1) is 13.6. The van der Waals surface area contributed by atoms with E-state index in [4.69, 9.17) is 0 Å². The van der Waals surface area contributed by atoms with Crippen molar-refractivity contribution in [2.75, 3.05) is 13.1 Å². The van der Waals surface area contributed by atoms with Crippen molar-refractivity contribution in [2.24, 2.45) is 0 Å². The quantitative estimate of drug-likeness (QED) is 0.679. The van der Waals surface area contributed by atoms with Gasteiger partial charge in [-0.25, -0.2) is 9.67 Å². The Morgan fingerprint density at radius 3 is 2.94 bits per heavy atom. The fourth-order valence-electron chi connectivity index (χ4n) is 1.52. The van der Waals surface area contributed by atoms with Crippen molar-refractivity contribution in [1.82, 2.24) is 25.4 Å². The third-order valence-corrected chi connectivity index (χ3v) is 2.32.